The Morgan fingerprint density at radius 3 is 2.41 bits per heavy atom. The molecule has 1 aliphatic carbocycles. The maximum atomic E-state index is 12.1. The fourth-order valence-corrected chi connectivity index (χ4v) is 3.10. The predicted octanol–water partition coefficient (Wildman–Crippen LogP) is 3.58. The van der Waals surface area contributed by atoms with Gasteiger partial charge in [0.1, 0.15) is 5.78 Å². The number of Topliss-reactive ketones (excluding diaryl/α,β-unsaturated/α-hetero) is 1. The third kappa shape index (κ3) is 9.50. The number of ketones is 1. The Labute approximate surface area is 161 Å². The van der Waals surface area contributed by atoms with Crippen LogP contribution in [-0.2, 0) is 9.59 Å². The van der Waals surface area contributed by atoms with E-state index in [1.165, 1.54) is 6.08 Å². The zero-order valence-electron chi connectivity index (χ0n) is 16.0. The van der Waals surface area contributed by atoms with Crippen LogP contribution in [0.3, 0.4) is 0 Å². The predicted molar refractivity (Wildman–Crippen MR) is 106 cm³/mol. The summed E-state index contributed by atoms with van der Waals surface area (Å²) >= 11 is 0. The highest BCUT2D eigenvalue weighted by Crippen LogP contribution is 2.33. The second-order valence-electron chi connectivity index (χ2n) is 6.84. The zero-order valence-corrected chi connectivity index (χ0v) is 16.0. The van der Waals surface area contributed by atoms with Gasteiger partial charge in [-0.3, -0.25) is 9.59 Å². The van der Waals surface area contributed by atoms with Gasteiger partial charge in [-0.05, 0) is 32.1 Å². The molecule has 0 amide bonds. The third-order valence-electron chi connectivity index (χ3n) is 4.61. The van der Waals surface area contributed by atoms with Crippen molar-refractivity contribution in [2.45, 2.75) is 64.1 Å². The molecular weight excluding hydrogens is 344 g/mol. The van der Waals surface area contributed by atoms with Crippen molar-refractivity contribution in [2.75, 3.05) is 0 Å². The van der Waals surface area contributed by atoms with E-state index in [1.54, 1.807) is 6.08 Å². The average molecular weight is 376 g/mol. The van der Waals surface area contributed by atoms with Gasteiger partial charge in [-0.2, -0.15) is 0 Å². The number of carbonyl (C=O) groups excluding carboxylic acids is 1. The van der Waals surface area contributed by atoms with Crippen LogP contribution in [0.4, 0.5) is 0 Å². The van der Waals surface area contributed by atoms with Crippen molar-refractivity contribution in [3.8, 4) is 0 Å². The molecule has 0 saturated heterocycles. The molecule has 4 atom stereocenters. The largest absolute Gasteiger partial charge is 0.481 e. The second-order valence-corrected chi connectivity index (χ2v) is 6.84. The van der Waals surface area contributed by atoms with Gasteiger partial charge in [-0.15, -0.1) is 0 Å². The zero-order chi connectivity index (χ0) is 20.1. The lowest BCUT2D eigenvalue weighted by Crippen LogP contribution is -2.19. The van der Waals surface area contributed by atoms with Crippen molar-refractivity contribution < 1.29 is 24.9 Å². The van der Waals surface area contributed by atoms with E-state index in [0.717, 1.165) is 19.3 Å². The SMILES string of the molecule is CC/C=C\C/C=C\C/C=C\C[C@@H]1C(=O)C[C@@H](O)[C@H]1/C=C/[C@H](O)CCC(=O)O. The molecule has 0 bridgehead atoms. The molecule has 0 aliphatic heterocycles. The summed E-state index contributed by atoms with van der Waals surface area (Å²) in [6.07, 6.45) is 17.4. The molecule has 27 heavy (non-hydrogen) atoms. The highest BCUT2D eigenvalue weighted by atomic mass is 16.4. The molecule has 0 radical (unpaired) electrons. The van der Waals surface area contributed by atoms with Gasteiger partial charge in [-0.1, -0.05) is 55.5 Å². The van der Waals surface area contributed by atoms with E-state index < -0.39 is 18.2 Å². The molecule has 150 valence electrons. The van der Waals surface area contributed by atoms with E-state index in [1.807, 2.05) is 12.2 Å². The summed E-state index contributed by atoms with van der Waals surface area (Å²) in [6.45, 7) is 2.10. The molecule has 0 aromatic heterocycles. The molecule has 0 aromatic rings. The number of hydrogen-bond donors (Lipinski definition) is 3. The Morgan fingerprint density at radius 1 is 1.15 bits per heavy atom. The fourth-order valence-electron chi connectivity index (χ4n) is 3.10. The minimum absolute atomic E-state index is 0.0297. The molecule has 0 aromatic carbocycles. The van der Waals surface area contributed by atoms with Crippen LogP contribution in [0, 0.1) is 11.8 Å². The molecule has 1 fully saturated rings. The van der Waals surface area contributed by atoms with Crippen LogP contribution in [0.2, 0.25) is 0 Å². The van der Waals surface area contributed by atoms with Gasteiger partial charge < -0.3 is 15.3 Å². The highest BCUT2D eigenvalue weighted by Gasteiger charge is 2.39. The van der Waals surface area contributed by atoms with Gasteiger partial charge in [0.25, 0.3) is 0 Å². The first-order chi connectivity index (χ1) is 13.0. The summed E-state index contributed by atoms with van der Waals surface area (Å²) in [5.41, 5.74) is 0. The first-order valence-electron chi connectivity index (χ1n) is 9.69. The minimum Gasteiger partial charge on any atom is -0.481 e. The summed E-state index contributed by atoms with van der Waals surface area (Å²) in [7, 11) is 0. The monoisotopic (exact) mass is 376 g/mol. The quantitative estimate of drug-likeness (QED) is 0.453. The Bertz CT molecular complexity index is 573. The van der Waals surface area contributed by atoms with Crippen molar-refractivity contribution >= 4 is 11.8 Å². The van der Waals surface area contributed by atoms with Crippen LogP contribution in [0.1, 0.15) is 51.9 Å². The number of carboxylic acid groups (broad SMARTS) is 1. The maximum absolute atomic E-state index is 12.1. The number of aliphatic hydroxyl groups is 2. The maximum Gasteiger partial charge on any atom is 0.303 e. The molecule has 0 spiro atoms. The van der Waals surface area contributed by atoms with Crippen LogP contribution < -0.4 is 0 Å². The Kier molecular flexibility index (Phi) is 11.3. The number of allylic oxidation sites excluding steroid dienone is 6. The normalized spacial score (nSPS) is 24.9. The third-order valence-corrected chi connectivity index (χ3v) is 4.61. The van der Waals surface area contributed by atoms with Crippen molar-refractivity contribution in [2.24, 2.45) is 11.8 Å². The molecule has 5 heteroatoms. The number of aliphatic carboxylic acids is 1. The van der Waals surface area contributed by atoms with Crippen molar-refractivity contribution in [1.29, 1.82) is 0 Å². The minimum atomic E-state index is -0.961. The topological polar surface area (TPSA) is 94.8 Å². The lowest BCUT2D eigenvalue weighted by Gasteiger charge is -2.16. The summed E-state index contributed by atoms with van der Waals surface area (Å²) in [5, 5.41) is 28.6. The van der Waals surface area contributed by atoms with Crippen LogP contribution in [0.15, 0.2) is 48.6 Å². The van der Waals surface area contributed by atoms with E-state index in [0.29, 0.717) is 6.42 Å². The first kappa shape index (κ1) is 23.1. The van der Waals surface area contributed by atoms with E-state index in [-0.39, 0.29) is 36.9 Å². The van der Waals surface area contributed by atoms with E-state index in [4.69, 9.17) is 5.11 Å². The van der Waals surface area contributed by atoms with Crippen molar-refractivity contribution in [1.82, 2.24) is 0 Å². The van der Waals surface area contributed by atoms with E-state index in [2.05, 4.69) is 31.2 Å². The fraction of sp³-hybridized carbons (Fsp3) is 0.545. The standard InChI is InChI=1S/C22H32O5/c1-2-3-4-5-6-7-8-9-10-11-18-19(21(25)16-20(18)24)14-12-17(23)13-15-22(26)27/h3-4,6-7,9-10,12,14,17-19,21,23,25H,2,5,8,11,13,15-16H2,1H3,(H,26,27)/b4-3-,7-6-,10-9-,14-12+/t17-,18-,19-,21+/m0/s1. The summed E-state index contributed by atoms with van der Waals surface area (Å²) in [4.78, 5) is 22.7. The Hall–Kier alpha value is -1.98. The van der Waals surface area contributed by atoms with Crippen LogP contribution in [-0.4, -0.2) is 39.3 Å². The van der Waals surface area contributed by atoms with Crippen LogP contribution in [0.25, 0.3) is 0 Å². The van der Waals surface area contributed by atoms with Gasteiger partial charge in [0.05, 0.1) is 12.2 Å². The number of aliphatic hydroxyl groups excluding tert-OH is 2. The molecule has 3 N–H and O–H groups in total. The number of hydrogen-bond acceptors (Lipinski definition) is 4. The van der Waals surface area contributed by atoms with Gasteiger partial charge in [0, 0.05) is 24.7 Å². The average Bonchev–Trinajstić information content (AvgIpc) is 2.89. The Balaban J connectivity index is 2.48. The van der Waals surface area contributed by atoms with Gasteiger partial charge >= 0.3 is 5.97 Å². The van der Waals surface area contributed by atoms with E-state index >= 15 is 0 Å². The molecule has 1 saturated carbocycles. The van der Waals surface area contributed by atoms with E-state index in [9.17, 15) is 19.8 Å². The smallest absolute Gasteiger partial charge is 0.303 e. The molecule has 0 unspecified atom stereocenters. The lowest BCUT2D eigenvalue weighted by molar-refractivity contribution is -0.137. The van der Waals surface area contributed by atoms with Gasteiger partial charge in [-0.25, -0.2) is 0 Å². The lowest BCUT2D eigenvalue weighted by atomic mass is 9.90. The first-order valence-corrected chi connectivity index (χ1v) is 9.69. The molecular formula is C22H32O5. The summed E-state index contributed by atoms with van der Waals surface area (Å²) in [6, 6.07) is 0. The number of carbonyl (C=O) groups is 2. The number of rotatable bonds is 12. The van der Waals surface area contributed by atoms with Crippen LogP contribution >= 0.6 is 0 Å². The number of carboxylic acids is 1. The molecule has 5 nitrogen and oxygen atoms in total. The highest BCUT2D eigenvalue weighted by molar-refractivity contribution is 5.84. The van der Waals surface area contributed by atoms with Gasteiger partial charge in [0.15, 0.2) is 0 Å². The summed E-state index contributed by atoms with van der Waals surface area (Å²) < 4.78 is 0. The molecule has 1 rings (SSSR count). The molecule has 1 aliphatic rings. The van der Waals surface area contributed by atoms with Crippen molar-refractivity contribution in [3.05, 3.63) is 48.6 Å². The van der Waals surface area contributed by atoms with Gasteiger partial charge in [0.2, 0.25) is 0 Å². The Morgan fingerprint density at radius 2 is 1.78 bits per heavy atom. The second kappa shape index (κ2) is 13.2. The van der Waals surface area contributed by atoms with Crippen molar-refractivity contribution in [3.63, 3.8) is 0 Å². The summed E-state index contributed by atoms with van der Waals surface area (Å²) in [5.74, 6) is -1.56. The van der Waals surface area contributed by atoms with Crippen LogP contribution in [0.5, 0.6) is 0 Å². The molecule has 0 heterocycles.